The van der Waals surface area contributed by atoms with Gasteiger partial charge in [-0.3, -0.25) is 4.79 Å². The lowest BCUT2D eigenvalue weighted by atomic mass is 10.1. The van der Waals surface area contributed by atoms with Crippen LogP contribution in [0.25, 0.3) is 10.8 Å². The first-order chi connectivity index (χ1) is 13.1. The van der Waals surface area contributed by atoms with Gasteiger partial charge < -0.3 is 4.90 Å². The summed E-state index contributed by atoms with van der Waals surface area (Å²) >= 11 is 0. The van der Waals surface area contributed by atoms with E-state index in [4.69, 9.17) is 0 Å². The molecule has 6 heteroatoms. The second-order valence-corrected chi connectivity index (χ2v) is 8.51. The third kappa shape index (κ3) is 3.46. The number of sulfonamides is 1. The summed E-state index contributed by atoms with van der Waals surface area (Å²) in [6.45, 7) is 1.38. The predicted molar refractivity (Wildman–Crippen MR) is 105 cm³/mol. The van der Waals surface area contributed by atoms with Gasteiger partial charge in [0.05, 0.1) is 4.90 Å². The minimum Gasteiger partial charge on any atom is -0.336 e. The highest BCUT2D eigenvalue weighted by atomic mass is 32.2. The molecule has 0 aromatic heterocycles. The summed E-state index contributed by atoms with van der Waals surface area (Å²) in [5, 5.41) is 1.91. The van der Waals surface area contributed by atoms with Crippen LogP contribution < -0.4 is 0 Å². The number of hydrogen-bond acceptors (Lipinski definition) is 3. The van der Waals surface area contributed by atoms with Crippen molar-refractivity contribution in [1.29, 1.82) is 0 Å². The molecule has 27 heavy (non-hydrogen) atoms. The molecule has 1 saturated heterocycles. The average molecular weight is 380 g/mol. The van der Waals surface area contributed by atoms with Crippen molar-refractivity contribution in [2.24, 2.45) is 0 Å². The van der Waals surface area contributed by atoms with Crippen molar-refractivity contribution in [1.82, 2.24) is 9.21 Å². The first kappa shape index (κ1) is 17.7. The van der Waals surface area contributed by atoms with E-state index >= 15 is 0 Å². The van der Waals surface area contributed by atoms with Crippen molar-refractivity contribution in [2.75, 3.05) is 26.2 Å². The second kappa shape index (κ2) is 7.13. The SMILES string of the molecule is O=C(c1ccccc1)N1CCN(S(=O)(=O)c2ccc3ccccc3c2)CC1. The molecule has 0 unspecified atom stereocenters. The van der Waals surface area contributed by atoms with Crippen LogP contribution in [0.2, 0.25) is 0 Å². The van der Waals surface area contributed by atoms with Crippen molar-refractivity contribution < 1.29 is 13.2 Å². The molecule has 0 bridgehead atoms. The number of fused-ring (bicyclic) bond motifs is 1. The van der Waals surface area contributed by atoms with E-state index in [0.29, 0.717) is 36.6 Å². The molecule has 1 aliphatic heterocycles. The molecule has 1 amide bonds. The normalized spacial score (nSPS) is 15.8. The second-order valence-electron chi connectivity index (χ2n) is 6.57. The number of amides is 1. The summed E-state index contributed by atoms with van der Waals surface area (Å²) in [5.74, 6) is -0.0571. The molecule has 1 aliphatic rings. The number of piperazine rings is 1. The van der Waals surface area contributed by atoms with Gasteiger partial charge in [0.15, 0.2) is 0 Å². The summed E-state index contributed by atoms with van der Waals surface area (Å²) in [4.78, 5) is 14.5. The Hall–Kier alpha value is -2.70. The van der Waals surface area contributed by atoms with E-state index in [-0.39, 0.29) is 5.91 Å². The highest BCUT2D eigenvalue weighted by Crippen LogP contribution is 2.23. The zero-order valence-corrected chi connectivity index (χ0v) is 15.6. The van der Waals surface area contributed by atoms with Gasteiger partial charge in [-0.05, 0) is 35.0 Å². The Morgan fingerprint density at radius 3 is 2.07 bits per heavy atom. The number of nitrogens with zero attached hydrogens (tertiary/aromatic N) is 2. The molecule has 1 fully saturated rings. The Morgan fingerprint density at radius 2 is 1.37 bits per heavy atom. The van der Waals surface area contributed by atoms with Crippen molar-refractivity contribution in [3.05, 3.63) is 78.4 Å². The van der Waals surface area contributed by atoms with Crippen LogP contribution in [0.5, 0.6) is 0 Å². The number of carbonyl (C=O) groups excluding carboxylic acids is 1. The van der Waals surface area contributed by atoms with Crippen molar-refractivity contribution in [2.45, 2.75) is 4.90 Å². The maximum absolute atomic E-state index is 13.0. The minimum atomic E-state index is -3.57. The predicted octanol–water partition coefficient (Wildman–Crippen LogP) is 2.99. The van der Waals surface area contributed by atoms with Crippen LogP contribution in [0.1, 0.15) is 10.4 Å². The molecular weight excluding hydrogens is 360 g/mol. The van der Waals surface area contributed by atoms with Crippen molar-refractivity contribution in [3.63, 3.8) is 0 Å². The van der Waals surface area contributed by atoms with Crippen LogP contribution in [-0.2, 0) is 10.0 Å². The molecule has 138 valence electrons. The lowest BCUT2D eigenvalue weighted by molar-refractivity contribution is 0.0698. The summed E-state index contributed by atoms with van der Waals surface area (Å²) in [6.07, 6.45) is 0. The number of hydrogen-bond donors (Lipinski definition) is 0. The molecular formula is C21H20N2O3S. The Balaban J connectivity index is 1.50. The van der Waals surface area contributed by atoms with E-state index in [2.05, 4.69) is 0 Å². The van der Waals surface area contributed by atoms with Crippen LogP contribution in [-0.4, -0.2) is 49.7 Å². The average Bonchev–Trinajstić information content (AvgIpc) is 2.73. The molecule has 0 radical (unpaired) electrons. The number of benzene rings is 3. The third-order valence-corrected chi connectivity index (χ3v) is 6.80. The topological polar surface area (TPSA) is 57.7 Å². The number of rotatable bonds is 3. The van der Waals surface area contributed by atoms with Gasteiger partial charge in [0, 0.05) is 31.7 Å². The van der Waals surface area contributed by atoms with E-state index in [1.807, 2.05) is 48.5 Å². The summed E-state index contributed by atoms with van der Waals surface area (Å²) in [7, 11) is -3.57. The first-order valence-electron chi connectivity index (χ1n) is 8.89. The van der Waals surface area contributed by atoms with Crippen LogP contribution >= 0.6 is 0 Å². The van der Waals surface area contributed by atoms with Crippen LogP contribution in [0.3, 0.4) is 0 Å². The van der Waals surface area contributed by atoms with Gasteiger partial charge in [-0.2, -0.15) is 4.31 Å². The van der Waals surface area contributed by atoms with Gasteiger partial charge in [-0.1, -0.05) is 48.5 Å². The van der Waals surface area contributed by atoms with Gasteiger partial charge in [-0.25, -0.2) is 8.42 Å². The molecule has 0 aliphatic carbocycles. The maximum atomic E-state index is 13.0. The lowest BCUT2D eigenvalue weighted by Gasteiger charge is -2.34. The summed E-state index contributed by atoms with van der Waals surface area (Å²) in [6, 6.07) is 22.0. The fraction of sp³-hybridized carbons (Fsp3) is 0.190. The molecule has 0 saturated carbocycles. The van der Waals surface area contributed by atoms with Gasteiger partial charge in [0.2, 0.25) is 10.0 Å². The van der Waals surface area contributed by atoms with Crippen LogP contribution in [0.15, 0.2) is 77.7 Å². The van der Waals surface area contributed by atoms with E-state index in [1.54, 1.807) is 29.2 Å². The highest BCUT2D eigenvalue weighted by molar-refractivity contribution is 7.89. The van der Waals surface area contributed by atoms with E-state index in [9.17, 15) is 13.2 Å². The Kier molecular flexibility index (Phi) is 4.68. The third-order valence-electron chi connectivity index (χ3n) is 4.91. The minimum absolute atomic E-state index is 0.0571. The molecule has 0 N–H and O–H groups in total. The maximum Gasteiger partial charge on any atom is 0.253 e. The van der Waals surface area contributed by atoms with Crippen LogP contribution in [0, 0.1) is 0 Å². The molecule has 0 atom stereocenters. The van der Waals surface area contributed by atoms with Crippen molar-refractivity contribution in [3.8, 4) is 0 Å². The Labute approximate surface area is 158 Å². The van der Waals surface area contributed by atoms with Crippen molar-refractivity contribution >= 4 is 26.7 Å². The monoisotopic (exact) mass is 380 g/mol. The first-order valence-corrected chi connectivity index (χ1v) is 10.3. The van der Waals surface area contributed by atoms with Gasteiger partial charge in [0.1, 0.15) is 0 Å². The largest absolute Gasteiger partial charge is 0.336 e. The Morgan fingerprint density at radius 1 is 0.741 bits per heavy atom. The van der Waals surface area contributed by atoms with Crippen LogP contribution in [0.4, 0.5) is 0 Å². The smallest absolute Gasteiger partial charge is 0.253 e. The molecule has 3 aromatic rings. The fourth-order valence-electron chi connectivity index (χ4n) is 3.37. The standard InChI is InChI=1S/C21H20N2O3S/c24-21(18-7-2-1-3-8-18)22-12-14-23(15-13-22)27(25,26)20-11-10-17-6-4-5-9-19(17)16-20/h1-11,16H,12-15H2. The van der Waals surface area contributed by atoms with Gasteiger partial charge in [0.25, 0.3) is 5.91 Å². The Bertz CT molecular complexity index is 1070. The molecule has 3 aromatic carbocycles. The van der Waals surface area contributed by atoms with Gasteiger partial charge in [-0.15, -0.1) is 0 Å². The van der Waals surface area contributed by atoms with E-state index in [1.165, 1.54) is 4.31 Å². The lowest BCUT2D eigenvalue weighted by Crippen LogP contribution is -2.50. The van der Waals surface area contributed by atoms with Gasteiger partial charge >= 0.3 is 0 Å². The highest BCUT2D eigenvalue weighted by Gasteiger charge is 2.30. The number of carbonyl (C=O) groups is 1. The van der Waals surface area contributed by atoms with E-state index < -0.39 is 10.0 Å². The summed E-state index contributed by atoms with van der Waals surface area (Å²) < 4.78 is 27.5. The fourth-order valence-corrected chi connectivity index (χ4v) is 4.83. The molecule has 5 nitrogen and oxygen atoms in total. The molecule has 4 rings (SSSR count). The summed E-state index contributed by atoms with van der Waals surface area (Å²) in [5.41, 5.74) is 0.628. The molecule has 0 spiro atoms. The zero-order chi connectivity index (χ0) is 18.9. The zero-order valence-electron chi connectivity index (χ0n) is 14.8. The van der Waals surface area contributed by atoms with E-state index in [0.717, 1.165) is 10.8 Å². The quantitative estimate of drug-likeness (QED) is 0.702. The molecule has 1 heterocycles.